The number of rotatable bonds is 2. The lowest BCUT2D eigenvalue weighted by atomic mass is 9.93. The van der Waals surface area contributed by atoms with Gasteiger partial charge >= 0.3 is 0 Å². The lowest BCUT2D eigenvalue weighted by molar-refractivity contribution is 0.612. The fourth-order valence-electron chi connectivity index (χ4n) is 2.49. The summed E-state index contributed by atoms with van der Waals surface area (Å²) in [4.78, 5) is 0. The van der Waals surface area contributed by atoms with Crippen LogP contribution in [-0.4, -0.2) is 0 Å². The summed E-state index contributed by atoms with van der Waals surface area (Å²) in [5.74, 6) is -0.369. The number of aryl methyl sites for hydroxylation is 3. The molecule has 0 bridgehead atoms. The molecule has 0 spiro atoms. The molecule has 2 aromatic rings. The number of alkyl halides is 1. The summed E-state index contributed by atoms with van der Waals surface area (Å²) in [6.07, 6.45) is 0. The van der Waals surface area contributed by atoms with Gasteiger partial charge in [0.05, 0.1) is 5.38 Å². The van der Waals surface area contributed by atoms with Crippen molar-refractivity contribution in [3.05, 3.63) is 69.0 Å². The average Bonchev–Trinajstić information content (AvgIpc) is 2.26. The third-order valence-electron chi connectivity index (χ3n) is 3.24. The molecule has 0 aliphatic carbocycles. The van der Waals surface area contributed by atoms with Gasteiger partial charge in [0.25, 0.3) is 0 Å². The lowest BCUT2D eigenvalue weighted by Gasteiger charge is -2.18. The normalized spacial score (nSPS) is 12.5. The van der Waals surface area contributed by atoms with Crippen LogP contribution in [0.15, 0.2) is 30.3 Å². The minimum Gasteiger partial charge on any atom is -0.207 e. The molecule has 0 radical (unpaired) electrons. The largest absolute Gasteiger partial charge is 0.207 e. The minimum atomic E-state index is -0.575. The average molecular weight is 297 g/mol. The molecule has 0 heterocycles. The zero-order chi connectivity index (χ0) is 14.2. The van der Waals surface area contributed by atoms with Crippen LogP contribution in [0.5, 0.6) is 0 Å². The Bertz CT molecular complexity index is 577. The van der Waals surface area contributed by atoms with Gasteiger partial charge in [0.2, 0.25) is 0 Å². The van der Waals surface area contributed by atoms with E-state index in [0.717, 1.165) is 16.7 Å². The molecule has 3 heteroatoms. The molecule has 1 unspecified atom stereocenters. The summed E-state index contributed by atoms with van der Waals surface area (Å²) < 4.78 is 14.0. The maximum absolute atomic E-state index is 14.0. The van der Waals surface area contributed by atoms with Crippen molar-refractivity contribution in [2.75, 3.05) is 0 Å². The van der Waals surface area contributed by atoms with Crippen LogP contribution in [-0.2, 0) is 0 Å². The number of halogens is 3. The highest BCUT2D eigenvalue weighted by atomic mass is 35.5. The first-order valence-electron chi connectivity index (χ1n) is 6.07. The molecule has 0 aromatic heterocycles. The zero-order valence-electron chi connectivity index (χ0n) is 11.1. The molecule has 0 amide bonds. The van der Waals surface area contributed by atoms with Crippen LogP contribution in [0, 0.1) is 26.6 Å². The molecule has 0 nitrogen and oxygen atoms in total. The van der Waals surface area contributed by atoms with E-state index in [1.807, 2.05) is 32.9 Å². The minimum absolute atomic E-state index is 0.348. The second-order valence-corrected chi connectivity index (χ2v) is 5.65. The summed E-state index contributed by atoms with van der Waals surface area (Å²) in [6.45, 7) is 6.00. The standard InChI is InChI=1S/C16H15Cl2F/c1-9-7-10(2)14(11(3)8-9)16(18)15-12(17)5-4-6-13(15)19/h4-8,16H,1-3H3. The highest BCUT2D eigenvalue weighted by Crippen LogP contribution is 2.38. The molecule has 1 atom stereocenters. The summed E-state index contributed by atoms with van der Waals surface area (Å²) in [6, 6.07) is 8.72. The van der Waals surface area contributed by atoms with Crippen LogP contribution in [0.2, 0.25) is 5.02 Å². The van der Waals surface area contributed by atoms with Gasteiger partial charge in [-0.2, -0.15) is 0 Å². The predicted molar refractivity (Wildman–Crippen MR) is 79.8 cm³/mol. The Morgan fingerprint density at radius 1 is 1.00 bits per heavy atom. The van der Waals surface area contributed by atoms with Crippen molar-refractivity contribution in [1.29, 1.82) is 0 Å². The first-order chi connectivity index (χ1) is 8.91. The van der Waals surface area contributed by atoms with Gasteiger partial charge in [-0.15, -0.1) is 11.6 Å². The van der Waals surface area contributed by atoms with Crippen LogP contribution in [0.3, 0.4) is 0 Å². The van der Waals surface area contributed by atoms with Gasteiger partial charge in [0.1, 0.15) is 5.82 Å². The van der Waals surface area contributed by atoms with Crippen LogP contribution in [0.4, 0.5) is 4.39 Å². The van der Waals surface area contributed by atoms with Gasteiger partial charge in [-0.1, -0.05) is 35.4 Å². The predicted octanol–water partition coefficient (Wildman–Crippen LogP) is 5.73. The Morgan fingerprint density at radius 3 is 2.11 bits per heavy atom. The highest BCUT2D eigenvalue weighted by molar-refractivity contribution is 6.33. The number of hydrogen-bond donors (Lipinski definition) is 0. The fourth-order valence-corrected chi connectivity index (χ4v) is 3.38. The fraction of sp³-hybridized carbons (Fsp3) is 0.250. The molecule has 0 aliphatic heterocycles. The topological polar surface area (TPSA) is 0 Å². The van der Waals surface area contributed by atoms with Crippen molar-refractivity contribution in [2.24, 2.45) is 0 Å². The van der Waals surface area contributed by atoms with Gasteiger partial charge in [-0.3, -0.25) is 0 Å². The molecular weight excluding hydrogens is 282 g/mol. The van der Waals surface area contributed by atoms with Crippen LogP contribution >= 0.6 is 23.2 Å². The second-order valence-electron chi connectivity index (χ2n) is 4.81. The first-order valence-corrected chi connectivity index (χ1v) is 6.89. The van der Waals surface area contributed by atoms with Gasteiger partial charge in [0.15, 0.2) is 0 Å². The Labute approximate surface area is 123 Å². The van der Waals surface area contributed by atoms with Crippen molar-refractivity contribution in [3.8, 4) is 0 Å². The number of benzene rings is 2. The molecule has 0 aliphatic rings. The van der Waals surface area contributed by atoms with E-state index in [4.69, 9.17) is 23.2 Å². The maximum atomic E-state index is 14.0. The molecule has 0 saturated heterocycles. The molecule has 19 heavy (non-hydrogen) atoms. The smallest absolute Gasteiger partial charge is 0.129 e. The summed E-state index contributed by atoms with van der Waals surface area (Å²) >= 11 is 12.6. The van der Waals surface area contributed by atoms with E-state index in [9.17, 15) is 4.39 Å². The van der Waals surface area contributed by atoms with E-state index < -0.39 is 5.38 Å². The molecule has 0 saturated carbocycles. The van der Waals surface area contributed by atoms with Gasteiger partial charge in [-0.25, -0.2) is 4.39 Å². The van der Waals surface area contributed by atoms with E-state index in [2.05, 4.69) is 0 Å². The molecular formula is C16H15Cl2F. The molecule has 0 N–H and O–H groups in total. The van der Waals surface area contributed by atoms with E-state index in [0.29, 0.717) is 10.6 Å². The van der Waals surface area contributed by atoms with Crippen LogP contribution in [0.1, 0.15) is 33.2 Å². The quantitative estimate of drug-likeness (QED) is 0.621. The Hall–Kier alpha value is -1.05. The molecule has 2 rings (SSSR count). The van der Waals surface area contributed by atoms with Crippen molar-refractivity contribution in [1.82, 2.24) is 0 Å². The van der Waals surface area contributed by atoms with Gasteiger partial charge in [-0.05, 0) is 49.6 Å². The van der Waals surface area contributed by atoms with Crippen LogP contribution < -0.4 is 0 Å². The SMILES string of the molecule is Cc1cc(C)c(C(Cl)c2c(F)cccc2Cl)c(C)c1. The van der Waals surface area contributed by atoms with E-state index >= 15 is 0 Å². The second kappa shape index (κ2) is 5.52. The molecule has 2 aromatic carbocycles. The van der Waals surface area contributed by atoms with E-state index in [-0.39, 0.29) is 5.82 Å². The Kier molecular flexibility index (Phi) is 4.17. The van der Waals surface area contributed by atoms with E-state index in [1.165, 1.54) is 11.6 Å². The van der Waals surface area contributed by atoms with Crippen molar-refractivity contribution < 1.29 is 4.39 Å². The summed E-state index contributed by atoms with van der Waals surface area (Å²) in [7, 11) is 0. The summed E-state index contributed by atoms with van der Waals surface area (Å²) in [5.41, 5.74) is 4.55. The molecule has 0 fully saturated rings. The third-order valence-corrected chi connectivity index (χ3v) is 4.01. The van der Waals surface area contributed by atoms with Gasteiger partial charge in [0, 0.05) is 10.6 Å². The highest BCUT2D eigenvalue weighted by Gasteiger charge is 2.21. The van der Waals surface area contributed by atoms with Crippen LogP contribution in [0.25, 0.3) is 0 Å². The monoisotopic (exact) mass is 296 g/mol. The Balaban J connectivity index is 2.60. The maximum Gasteiger partial charge on any atom is 0.129 e. The first kappa shape index (κ1) is 14.4. The van der Waals surface area contributed by atoms with Crippen molar-refractivity contribution >= 4 is 23.2 Å². The van der Waals surface area contributed by atoms with Gasteiger partial charge < -0.3 is 0 Å². The van der Waals surface area contributed by atoms with Crippen molar-refractivity contribution in [3.63, 3.8) is 0 Å². The zero-order valence-corrected chi connectivity index (χ0v) is 12.6. The van der Waals surface area contributed by atoms with E-state index in [1.54, 1.807) is 12.1 Å². The Morgan fingerprint density at radius 2 is 1.58 bits per heavy atom. The van der Waals surface area contributed by atoms with Crippen molar-refractivity contribution in [2.45, 2.75) is 26.1 Å². The number of hydrogen-bond acceptors (Lipinski definition) is 0. The summed E-state index contributed by atoms with van der Waals surface area (Å²) in [5, 5.41) is -0.214. The lowest BCUT2D eigenvalue weighted by Crippen LogP contribution is -2.03. The third kappa shape index (κ3) is 2.77. The molecule has 100 valence electrons.